The summed E-state index contributed by atoms with van der Waals surface area (Å²) in [4.78, 5) is 8.07. The van der Waals surface area contributed by atoms with Gasteiger partial charge in [-0.2, -0.15) is 0 Å². The molecule has 0 aliphatic heterocycles. The minimum Gasteiger partial charge on any atom is -0.308 e. The zero-order valence-corrected chi connectivity index (χ0v) is 10.6. The standard InChI is InChI=1S/C10H17N3O2S/c1-10(2,16(3,14)15)8-11-7-9-12-5-4-6-13-9/h4-6,11H,7-8H2,1-3H3. The van der Waals surface area contributed by atoms with E-state index in [-0.39, 0.29) is 0 Å². The van der Waals surface area contributed by atoms with Gasteiger partial charge in [0, 0.05) is 25.2 Å². The topological polar surface area (TPSA) is 72.0 Å². The van der Waals surface area contributed by atoms with Crippen LogP contribution in [0.25, 0.3) is 0 Å². The third-order valence-corrected chi connectivity index (χ3v) is 4.61. The van der Waals surface area contributed by atoms with Crippen molar-refractivity contribution in [2.45, 2.75) is 25.1 Å². The molecule has 16 heavy (non-hydrogen) atoms. The Kier molecular flexibility index (Phi) is 3.98. The smallest absolute Gasteiger partial charge is 0.153 e. The molecule has 1 aromatic rings. The van der Waals surface area contributed by atoms with E-state index in [4.69, 9.17) is 0 Å². The zero-order valence-electron chi connectivity index (χ0n) is 9.77. The molecule has 1 heterocycles. The third-order valence-electron chi connectivity index (χ3n) is 2.46. The second kappa shape index (κ2) is 4.88. The van der Waals surface area contributed by atoms with E-state index in [2.05, 4.69) is 15.3 Å². The second-order valence-electron chi connectivity index (χ2n) is 4.30. The first-order valence-electron chi connectivity index (χ1n) is 4.99. The molecule has 0 aliphatic rings. The van der Waals surface area contributed by atoms with E-state index in [1.165, 1.54) is 6.26 Å². The molecule has 0 saturated heterocycles. The van der Waals surface area contributed by atoms with E-state index < -0.39 is 14.6 Å². The summed E-state index contributed by atoms with van der Waals surface area (Å²) < 4.78 is 22.1. The van der Waals surface area contributed by atoms with Crippen LogP contribution in [0.2, 0.25) is 0 Å². The van der Waals surface area contributed by atoms with Crippen LogP contribution in [0.4, 0.5) is 0 Å². The van der Waals surface area contributed by atoms with Gasteiger partial charge in [-0.25, -0.2) is 18.4 Å². The van der Waals surface area contributed by atoms with Crippen molar-refractivity contribution in [3.8, 4) is 0 Å². The van der Waals surface area contributed by atoms with Crippen molar-refractivity contribution >= 4 is 9.84 Å². The highest BCUT2D eigenvalue weighted by molar-refractivity contribution is 7.92. The Balaban J connectivity index is 2.48. The molecular formula is C10H17N3O2S. The van der Waals surface area contributed by atoms with Crippen LogP contribution in [0, 0.1) is 0 Å². The minimum atomic E-state index is -3.06. The molecule has 1 aromatic heterocycles. The van der Waals surface area contributed by atoms with Gasteiger partial charge in [0.25, 0.3) is 0 Å². The molecule has 0 fully saturated rings. The summed E-state index contributed by atoms with van der Waals surface area (Å²) in [6, 6.07) is 1.74. The molecule has 0 aliphatic carbocycles. The van der Waals surface area contributed by atoms with Gasteiger partial charge < -0.3 is 5.32 Å². The molecule has 90 valence electrons. The first-order valence-corrected chi connectivity index (χ1v) is 6.88. The fourth-order valence-corrected chi connectivity index (χ4v) is 1.39. The van der Waals surface area contributed by atoms with Crippen LogP contribution in [-0.4, -0.2) is 35.9 Å². The maximum atomic E-state index is 11.4. The number of aromatic nitrogens is 2. The Hall–Kier alpha value is -1.01. The van der Waals surface area contributed by atoms with Gasteiger partial charge in [-0.1, -0.05) is 0 Å². The Bertz CT molecular complexity index is 429. The van der Waals surface area contributed by atoms with Gasteiger partial charge in [0.15, 0.2) is 9.84 Å². The summed E-state index contributed by atoms with van der Waals surface area (Å²) in [5, 5.41) is 3.04. The Labute approximate surface area is 96.2 Å². The van der Waals surface area contributed by atoms with Gasteiger partial charge in [-0.05, 0) is 19.9 Å². The normalized spacial score (nSPS) is 12.7. The first kappa shape index (κ1) is 13.1. The summed E-state index contributed by atoms with van der Waals surface area (Å²) in [6.45, 7) is 4.24. The highest BCUT2D eigenvalue weighted by atomic mass is 32.2. The lowest BCUT2D eigenvalue weighted by atomic mass is 10.2. The molecule has 0 spiro atoms. The van der Waals surface area contributed by atoms with Crippen LogP contribution in [0.3, 0.4) is 0 Å². The Morgan fingerprint density at radius 2 is 1.88 bits per heavy atom. The van der Waals surface area contributed by atoms with Crippen molar-refractivity contribution in [1.82, 2.24) is 15.3 Å². The summed E-state index contributed by atoms with van der Waals surface area (Å²) in [5.74, 6) is 0.659. The monoisotopic (exact) mass is 243 g/mol. The van der Waals surface area contributed by atoms with Crippen LogP contribution < -0.4 is 5.32 Å². The second-order valence-corrected chi connectivity index (χ2v) is 6.95. The highest BCUT2D eigenvalue weighted by Gasteiger charge is 2.29. The average Bonchev–Trinajstić information content (AvgIpc) is 2.17. The summed E-state index contributed by atoms with van der Waals surface area (Å²) in [6.07, 6.45) is 4.56. The number of hydrogen-bond acceptors (Lipinski definition) is 5. The van der Waals surface area contributed by atoms with Gasteiger partial charge in [0.1, 0.15) is 5.82 Å². The molecule has 0 radical (unpaired) electrons. The van der Waals surface area contributed by atoms with E-state index in [9.17, 15) is 8.42 Å². The van der Waals surface area contributed by atoms with Gasteiger partial charge >= 0.3 is 0 Å². The molecule has 0 aromatic carbocycles. The van der Waals surface area contributed by atoms with Crippen molar-refractivity contribution in [1.29, 1.82) is 0 Å². The van der Waals surface area contributed by atoms with Crippen LogP contribution in [0.15, 0.2) is 18.5 Å². The van der Waals surface area contributed by atoms with E-state index in [0.717, 1.165) is 0 Å². The van der Waals surface area contributed by atoms with Crippen LogP contribution in [0.5, 0.6) is 0 Å². The van der Waals surface area contributed by atoms with E-state index in [1.807, 2.05) is 0 Å². The molecule has 0 amide bonds. The maximum Gasteiger partial charge on any atom is 0.153 e. The van der Waals surface area contributed by atoms with Crippen molar-refractivity contribution in [3.63, 3.8) is 0 Å². The highest BCUT2D eigenvalue weighted by Crippen LogP contribution is 2.13. The fourth-order valence-electron chi connectivity index (χ4n) is 1.03. The van der Waals surface area contributed by atoms with E-state index in [0.29, 0.717) is 18.9 Å². The van der Waals surface area contributed by atoms with Gasteiger partial charge in [0.2, 0.25) is 0 Å². The average molecular weight is 243 g/mol. The van der Waals surface area contributed by atoms with Crippen molar-refractivity contribution in [3.05, 3.63) is 24.3 Å². The first-order chi connectivity index (χ1) is 7.33. The fraction of sp³-hybridized carbons (Fsp3) is 0.600. The predicted molar refractivity (Wildman–Crippen MR) is 62.7 cm³/mol. The lowest BCUT2D eigenvalue weighted by molar-refractivity contribution is 0.517. The van der Waals surface area contributed by atoms with Crippen LogP contribution in [-0.2, 0) is 16.4 Å². The molecule has 0 bridgehead atoms. The predicted octanol–water partition coefficient (Wildman–Crippen LogP) is 0.389. The number of sulfone groups is 1. The third kappa shape index (κ3) is 3.53. The number of nitrogens with zero attached hydrogens (tertiary/aromatic N) is 2. The quantitative estimate of drug-likeness (QED) is 0.810. The Morgan fingerprint density at radius 3 is 2.38 bits per heavy atom. The lowest BCUT2D eigenvalue weighted by Crippen LogP contribution is -2.41. The van der Waals surface area contributed by atoms with Crippen LogP contribution in [0.1, 0.15) is 19.7 Å². The molecule has 0 atom stereocenters. The summed E-state index contributed by atoms with van der Waals surface area (Å²) in [7, 11) is -3.06. The molecule has 0 unspecified atom stereocenters. The van der Waals surface area contributed by atoms with E-state index in [1.54, 1.807) is 32.3 Å². The maximum absolute atomic E-state index is 11.4. The lowest BCUT2D eigenvalue weighted by Gasteiger charge is -2.22. The number of nitrogens with one attached hydrogen (secondary N) is 1. The largest absolute Gasteiger partial charge is 0.308 e. The molecule has 0 saturated carbocycles. The SMILES string of the molecule is CC(C)(CNCc1ncccn1)S(C)(=O)=O. The van der Waals surface area contributed by atoms with Gasteiger partial charge in [-0.3, -0.25) is 0 Å². The minimum absolute atomic E-state index is 0.379. The molecule has 6 heteroatoms. The Morgan fingerprint density at radius 1 is 1.31 bits per heavy atom. The molecule has 5 nitrogen and oxygen atoms in total. The zero-order chi connectivity index (χ0) is 12.2. The van der Waals surface area contributed by atoms with Gasteiger partial charge in [0.05, 0.1) is 11.3 Å². The van der Waals surface area contributed by atoms with E-state index >= 15 is 0 Å². The number of hydrogen-bond donors (Lipinski definition) is 1. The molecule has 1 N–H and O–H groups in total. The molecule has 1 rings (SSSR count). The number of rotatable bonds is 5. The van der Waals surface area contributed by atoms with Crippen molar-refractivity contribution in [2.24, 2.45) is 0 Å². The van der Waals surface area contributed by atoms with Crippen molar-refractivity contribution < 1.29 is 8.42 Å². The summed E-state index contributed by atoms with van der Waals surface area (Å²) >= 11 is 0. The van der Waals surface area contributed by atoms with Gasteiger partial charge in [-0.15, -0.1) is 0 Å². The van der Waals surface area contributed by atoms with Crippen LogP contribution >= 0.6 is 0 Å². The molecular weight excluding hydrogens is 226 g/mol. The summed E-state index contributed by atoms with van der Waals surface area (Å²) in [5.41, 5.74) is 0. The van der Waals surface area contributed by atoms with Crippen molar-refractivity contribution in [2.75, 3.05) is 12.8 Å².